The van der Waals surface area contributed by atoms with E-state index in [2.05, 4.69) is 25.4 Å². The summed E-state index contributed by atoms with van der Waals surface area (Å²) in [5, 5.41) is 6.98. The van der Waals surface area contributed by atoms with Gasteiger partial charge in [-0.2, -0.15) is 13.2 Å². The van der Waals surface area contributed by atoms with Gasteiger partial charge in [-0.25, -0.2) is 13.8 Å². The molecule has 5 rings (SSSR count). The van der Waals surface area contributed by atoms with Crippen LogP contribution in [0.1, 0.15) is 18.1 Å². The third-order valence-electron chi connectivity index (χ3n) is 7.17. The van der Waals surface area contributed by atoms with Crippen molar-refractivity contribution in [1.82, 2.24) is 14.9 Å². The molecule has 0 aliphatic carbocycles. The van der Waals surface area contributed by atoms with Gasteiger partial charge in [0, 0.05) is 52.4 Å². The highest BCUT2D eigenvalue weighted by molar-refractivity contribution is 6.34. The third kappa shape index (κ3) is 6.85. The van der Waals surface area contributed by atoms with Gasteiger partial charge in [-0.3, -0.25) is 0 Å². The average Bonchev–Trinajstić information content (AvgIpc) is 3.22. The lowest BCUT2D eigenvalue weighted by molar-refractivity contribution is -0.137. The number of anilines is 4. The average molecular weight is 627 g/mol. The number of aryl methyl sites for hydroxylation is 1. The molecule has 1 aliphatic heterocycles. The van der Waals surface area contributed by atoms with E-state index in [0.717, 1.165) is 41.5 Å². The Bertz CT molecular complexity index is 1560. The molecule has 0 atom stereocenters. The second-order valence-corrected chi connectivity index (χ2v) is 11.2. The summed E-state index contributed by atoms with van der Waals surface area (Å²) in [6.45, 7) is 3.20. The van der Waals surface area contributed by atoms with Gasteiger partial charge in [0.2, 0.25) is 5.95 Å². The number of hydrogen-bond donors (Lipinski definition) is 2. The minimum Gasteiger partial charge on any atom is -0.368 e. The van der Waals surface area contributed by atoms with E-state index in [1.807, 2.05) is 17.7 Å². The fourth-order valence-electron chi connectivity index (χ4n) is 4.95. The van der Waals surface area contributed by atoms with Crippen LogP contribution in [0.4, 0.5) is 45.0 Å². The second kappa shape index (κ2) is 11.8. The van der Waals surface area contributed by atoms with Crippen molar-refractivity contribution in [2.24, 2.45) is 7.05 Å². The van der Waals surface area contributed by atoms with Crippen LogP contribution in [0.25, 0.3) is 11.0 Å². The SMILES string of the molecule is Cn1c(Nc2cc(CNCC(C)(F)F)ccc2Cl)nc2cc(Cl)c(N3CCN(c4ccc(C(F)(F)F)cc4)CC3)cc21. The Morgan fingerprint density at radius 3 is 2.17 bits per heavy atom. The molecule has 1 aromatic heterocycles. The predicted octanol–water partition coefficient (Wildman–Crippen LogP) is 7.71. The summed E-state index contributed by atoms with van der Waals surface area (Å²) in [6, 6.07) is 14.2. The Hall–Kier alpha value is -3.28. The fourth-order valence-corrected chi connectivity index (χ4v) is 5.39. The molecule has 1 fully saturated rings. The van der Waals surface area contributed by atoms with Gasteiger partial charge in [-0.1, -0.05) is 29.3 Å². The number of alkyl halides is 5. The monoisotopic (exact) mass is 626 g/mol. The van der Waals surface area contributed by atoms with Crippen molar-refractivity contribution < 1.29 is 22.0 Å². The molecule has 13 heteroatoms. The zero-order chi connectivity index (χ0) is 30.2. The summed E-state index contributed by atoms with van der Waals surface area (Å²) in [5.41, 5.74) is 3.80. The molecular weight excluding hydrogens is 598 g/mol. The number of fused-ring (bicyclic) bond motifs is 1. The molecule has 4 aromatic rings. The van der Waals surface area contributed by atoms with Crippen molar-refractivity contribution in [3.8, 4) is 0 Å². The number of halogens is 7. The van der Waals surface area contributed by atoms with E-state index in [1.54, 1.807) is 24.3 Å². The highest BCUT2D eigenvalue weighted by Gasteiger charge is 2.30. The van der Waals surface area contributed by atoms with Gasteiger partial charge in [0.05, 0.1) is 44.6 Å². The van der Waals surface area contributed by atoms with Gasteiger partial charge < -0.3 is 25.0 Å². The molecule has 1 saturated heterocycles. The summed E-state index contributed by atoms with van der Waals surface area (Å²) < 4.78 is 67.0. The standard InChI is InChI=1S/C29H29Cl2F5N6/c1-28(32,33)17-37-16-18-3-8-21(30)23(13-18)38-27-39-24-14-22(31)25(15-26(24)40(27)2)42-11-9-41(10-12-42)20-6-4-19(5-7-20)29(34,35)36/h3-8,13-15,37H,9-12,16-17H2,1-2H3,(H,38,39). The van der Waals surface area contributed by atoms with E-state index in [-0.39, 0.29) is 6.54 Å². The quantitative estimate of drug-likeness (QED) is 0.196. The Morgan fingerprint density at radius 1 is 0.857 bits per heavy atom. The minimum absolute atomic E-state index is 0.253. The van der Waals surface area contributed by atoms with E-state index in [9.17, 15) is 22.0 Å². The third-order valence-corrected chi connectivity index (χ3v) is 7.80. The van der Waals surface area contributed by atoms with Gasteiger partial charge in [0.25, 0.3) is 5.92 Å². The predicted molar refractivity (Wildman–Crippen MR) is 159 cm³/mol. The lowest BCUT2D eigenvalue weighted by Crippen LogP contribution is -2.46. The summed E-state index contributed by atoms with van der Waals surface area (Å²) in [6.07, 6.45) is -4.36. The smallest absolute Gasteiger partial charge is 0.368 e. The van der Waals surface area contributed by atoms with Crippen LogP contribution in [0.3, 0.4) is 0 Å². The lowest BCUT2D eigenvalue weighted by atomic mass is 10.1. The van der Waals surface area contributed by atoms with Crippen LogP contribution in [-0.4, -0.2) is 48.2 Å². The van der Waals surface area contributed by atoms with E-state index >= 15 is 0 Å². The number of imidazole rings is 1. The first kappa shape index (κ1) is 30.2. The number of aromatic nitrogens is 2. The van der Waals surface area contributed by atoms with Gasteiger partial charge in [-0.15, -0.1) is 0 Å². The molecule has 0 bridgehead atoms. The summed E-state index contributed by atoms with van der Waals surface area (Å²) >= 11 is 13.1. The molecule has 1 aliphatic rings. The number of piperazine rings is 1. The highest BCUT2D eigenvalue weighted by Crippen LogP contribution is 2.35. The van der Waals surface area contributed by atoms with Crippen LogP contribution in [0.15, 0.2) is 54.6 Å². The number of benzene rings is 3. The van der Waals surface area contributed by atoms with Crippen LogP contribution < -0.4 is 20.4 Å². The largest absolute Gasteiger partial charge is 0.416 e. The van der Waals surface area contributed by atoms with Gasteiger partial charge in [0.15, 0.2) is 0 Å². The van der Waals surface area contributed by atoms with Crippen LogP contribution >= 0.6 is 23.2 Å². The van der Waals surface area contributed by atoms with Crippen molar-refractivity contribution in [2.45, 2.75) is 25.6 Å². The fraction of sp³-hybridized carbons (Fsp3) is 0.345. The number of nitrogens with one attached hydrogen (secondary N) is 2. The van der Waals surface area contributed by atoms with Gasteiger partial charge >= 0.3 is 6.18 Å². The molecule has 2 heterocycles. The first-order valence-electron chi connectivity index (χ1n) is 13.3. The topological polar surface area (TPSA) is 48.4 Å². The lowest BCUT2D eigenvalue weighted by Gasteiger charge is -2.37. The Morgan fingerprint density at radius 2 is 1.52 bits per heavy atom. The van der Waals surface area contributed by atoms with E-state index in [1.165, 1.54) is 12.1 Å². The van der Waals surface area contributed by atoms with Gasteiger partial charge in [-0.05, 0) is 54.1 Å². The molecule has 2 N–H and O–H groups in total. The highest BCUT2D eigenvalue weighted by atomic mass is 35.5. The molecule has 0 amide bonds. The maximum Gasteiger partial charge on any atom is 0.416 e. The number of nitrogens with zero attached hydrogens (tertiary/aromatic N) is 4. The first-order valence-corrected chi connectivity index (χ1v) is 14.0. The van der Waals surface area contributed by atoms with Gasteiger partial charge in [0.1, 0.15) is 0 Å². The van der Waals surface area contributed by atoms with Crippen molar-refractivity contribution in [1.29, 1.82) is 0 Å². The molecule has 224 valence electrons. The van der Waals surface area contributed by atoms with E-state index in [0.29, 0.717) is 53.4 Å². The summed E-state index contributed by atoms with van der Waals surface area (Å²) in [5.74, 6) is -2.28. The minimum atomic E-state index is -4.36. The molecule has 6 nitrogen and oxygen atoms in total. The van der Waals surface area contributed by atoms with E-state index in [4.69, 9.17) is 23.2 Å². The molecule has 3 aromatic carbocycles. The normalized spacial score (nSPS) is 14.6. The molecule has 0 spiro atoms. The maximum absolute atomic E-state index is 13.2. The van der Waals surface area contributed by atoms with Crippen LogP contribution in [-0.2, 0) is 19.8 Å². The van der Waals surface area contributed by atoms with Crippen molar-refractivity contribution in [3.63, 3.8) is 0 Å². The molecular formula is C29H29Cl2F5N6. The van der Waals surface area contributed by atoms with Crippen molar-refractivity contribution >= 4 is 57.2 Å². The first-order chi connectivity index (χ1) is 19.8. The van der Waals surface area contributed by atoms with Crippen LogP contribution in [0.2, 0.25) is 10.0 Å². The van der Waals surface area contributed by atoms with E-state index < -0.39 is 24.2 Å². The zero-order valence-electron chi connectivity index (χ0n) is 22.9. The molecule has 0 radical (unpaired) electrons. The van der Waals surface area contributed by atoms with Crippen LogP contribution in [0.5, 0.6) is 0 Å². The summed E-state index contributed by atoms with van der Waals surface area (Å²) in [4.78, 5) is 8.88. The Balaban J connectivity index is 1.29. The Labute approximate surface area is 250 Å². The molecule has 0 unspecified atom stereocenters. The number of rotatable bonds is 8. The maximum atomic E-state index is 13.2. The molecule has 42 heavy (non-hydrogen) atoms. The Kier molecular flexibility index (Phi) is 8.46. The number of hydrogen-bond acceptors (Lipinski definition) is 5. The van der Waals surface area contributed by atoms with Crippen molar-refractivity contribution in [3.05, 3.63) is 75.8 Å². The summed E-state index contributed by atoms with van der Waals surface area (Å²) in [7, 11) is 1.86. The van der Waals surface area contributed by atoms with Crippen LogP contribution in [0, 0.1) is 0 Å². The van der Waals surface area contributed by atoms with Crippen molar-refractivity contribution in [2.75, 3.05) is 47.8 Å². The zero-order valence-corrected chi connectivity index (χ0v) is 24.4. The second-order valence-electron chi connectivity index (χ2n) is 10.4. The molecule has 0 saturated carbocycles.